The maximum atomic E-state index is 12.4. The standard InChI is InChI=1S/C23H20ClN3O2S/c24-20-7-1-17(2-8-20)14-27-21(28)15-30-23(27)19-5-3-18(4-6-19)22(29)26-13-16-9-11-25-12-10-16/h1-12,23H,13-15H2,(H,26,29)/t23-/m1/s1. The van der Waals surface area contributed by atoms with Crippen LogP contribution in [-0.2, 0) is 17.9 Å². The predicted molar refractivity (Wildman–Crippen MR) is 119 cm³/mol. The number of hydrogen-bond donors (Lipinski definition) is 1. The zero-order valence-electron chi connectivity index (χ0n) is 16.1. The van der Waals surface area contributed by atoms with Crippen molar-refractivity contribution in [2.45, 2.75) is 18.5 Å². The monoisotopic (exact) mass is 437 g/mol. The number of amides is 2. The molecule has 1 saturated heterocycles. The number of aromatic nitrogens is 1. The average Bonchev–Trinajstić information content (AvgIpc) is 3.14. The lowest BCUT2D eigenvalue weighted by Gasteiger charge is -2.24. The maximum Gasteiger partial charge on any atom is 0.251 e. The normalized spacial score (nSPS) is 16.0. The topological polar surface area (TPSA) is 62.3 Å². The minimum atomic E-state index is -0.133. The van der Waals surface area contributed by atoms with Gasteiger partial charge >= 0.3 is 0 Å². The van der Waals surface area contributed by atoms with Crippen molar-refractivity contribution in [1.29, 1.82) is 0 Å². The fourth-order valence-electron chi connectivity index (χ4n) is 3.27. The Morgan fingerprint density at radius 1 is 1.03 bits per heavy atom. The third-order valence-corrected chi connectivity index (χ3v) is 6.40. The van der Waals surface area contributed by atoms with Crippen LogP contribution >= 0.6 is 23.4 Å². The third-order valence-electron chi connectivity index (χ3n) is 4.89. The number of benzene rings is 2. The quantitative estimate of drug-likeness (QED) is 0.619. The van der Waals surface area contributed by atoms with E-state index in [1.807, 2.05) is 53.4 Å². The lowest BCUT2D eigenvalue weighted by Crippen LogP contribution is -2.27. The number of carbonyl (C=O) groups is 2. The van der Waals surface area contributed by atoms with E-state index in [9.17, 15) is 9.59 Å². The van der Waals surface area contributed by atoms with Crippen LogP contribution in [0.1, 0.15) is 32.4 Å². The maximum absolute atomic E-state index is 12.4. The van der Waals surface area contributed by atoms with Crippen LogP contribution in [0, 0.1) is 0 Å². The van der Waals surface area contributed by atoms with Crippen LogP contribution in [-0.4, -0.2) is 27.5 Å². The van der Waals surface area contributed by atoms with E-state index in [1.165, 1.54) is 0 Å². The van der Waals surface area contributed by atoms with Gasteiger partial charge < -0.3 is 10.2 Å². The summed E-state index contributed by atoms with van der Waals surface area (Å²) in [6.07, 6.45) is 3.40. The molecule has 1 N–H and O–H groups in total. The van der Waals surface area contributed by atoms with Gasteiger partial charge in [0.2, 0.25) is 5.91 Å². The van der Waals surface area contributed by atoms with Gasteiger partial charge in [-0.05, 0) is 53.1 Å². The molecule has 0 bridgehead atoms. The van der Waals surface area contributed by atoms with Crippen LogP contribution < -0.4 is 5.32 Å². The zero-order valence-corrected chi connectivity index (χ0v) is 17.7. The Hall–Kier alpha value is -2.83. The lowest BCUT2D eigenvalue weighted by atomic mass is 10.1. The highest BCUT2D eigenvalue weighted by molar-refractivity contribution is 8.00. The molecule has 152 valence electrons. The molecule has 1 aromatic heterocycles. The summed E-state index contributed by atoms with van der Waals surface area (Å²) in [4.78, 5) is 30.7. The Morgan fingerprint density at radius 3 is 2.43 bits per heavy atom. The van der Waals surface area contributed by atoms with Gasteiger partial charge in [0.05, 0.1) is 5.75 Å². The second kappa shape index (κ2) is 9.32. The van der Waals surface area contributed by atoms with Crippen molar-refractivity contribution in [3.8, 4) is 0 Å². The van der Waals surface area contributed by atoms with E-state index in [1.54, 1.807) is 36.3 Å². The molecule has 1 atom stereocenters. The van der Waals surface area contributed by atoms with E-state index in [2.05, 4.69) is 10.3 Å². The highest BCUT2D eigenvalue weighted by Gasteiger charge is 2.32. The molecule has 4 rings (SSSR count). The van der Waals surface area contributed by atoms with Crippen LogP contribution in [0.25, 0.3) is 0 Å². The van der Waals surface area contributed by atoms with Gasteiger partial charge in [0.15, 0.2) is 0 Å². The van der Waals surface area contributed by atoms with Gasteiger partial charge in [-0.1, -0.05) is 35.9 Å². The molecule has 0 radical (unpaired) electrons. The Balaban J connectivity index is 1.42. The van der Waals surface area contributed by atoms with Crippen molar-refractivity contribution in [1.82, 2.24) is 15.2 Å². The molecule has 0 spiro atoms. The number of rotatable bonds is 6. The minimum Gasteiger partial charge on any atom is -0.348 e. The van der Waals surface area contributed by atoms with Gasteiger partial charge in [-0.2, -0.15) is 0 Å². The van der Waals surface area contributed by atoms with Crippen LogP contribution in [0.4, 0.5) is 0 Å². The predicted octanol–water partition coefficient (Wildman–Crippen LogP) is 4.44. The summed E-state index contributed by atoms with van der Waals surface area (Å²) >= 11 is 7.56. The van der Waals surface area contributed by atoms with Crippen LogP contribution in [0.5, 0.6) is 0 Å². The van der Waals surface area contributed by atoms with E-state index in [0.717, 1.165) is 16.7 Å². The first kappa shape index (κ1) is 20.4. The van der Waals surface area contributed by atoms with E-state index < -0.39 is 0 Å². The lowest BCUT2D eigenvalue weighted by molar-refractivity contribution is -0.128. The Bertz CT molecular complexity index is 1030. The van der Waals surface area contributed by atoms with Crippen molar-refractivity contribution >= 4 is 35.2 Å². The van der Waals surface area contributed by atoms with Gasteiger partial charge in [-0.15, -0.1) is 11.8 Å². The number of pyridine rings is 1. The van der Waals surface area contributed by atoms with E-state index in [4.69, 9.17) is 11.6 Å². The smallest absolute Gasteiger partial charge is 0.251 e. The second-order valence-corrected chi connectivity index (χ2v) is 8.48. The number of thioether (sulfide) groups is 1. The van der Waals surface area contributed by atoms with Crippen molar-refractivity contribution < 1.29 is 9.59 Å². The largest absolute Gasteiger partial charge is 0.348 e. The molecule has 5 nitrogen and oxygen atoms in total. The third kappa shape index (κ3) is 4.83. The molecule has 30 heavy (non-hydrogen) atoms. The molecule has 1 aliphatic rings. The first-order chi connectivity index (χ1) is 14.6. The minimum absolute atomic E-state index is 0.0675. The summed E-state index contributed by atoms with van der Waals surface area (Å²) in [6.45, 7) is 0.979. The summed E-state index contributed by atoms with van der Waals surface area (Å²) < 4.78 is 0. The molecule has 1 aliphatic heterocycles. The van der Waals surface area contributed by atoms with Crippen molar-refractivity contribution in [2.75, 3.05) is 5.75 Å². The summed E-state index contributed by atoms with van der Waals surface area (Å²) in [7, 11) is 0. The fourth-order valence-corrected chi connectivity index (χ4v) is 4.59. The van der Waals surface area contributed by atoms with E-state index in [0.29, 0.717) is 29.4 Å². The second-order valence-electron chi connectivity index (χ2n) is 6.97. The van der Waals surface area contributed by atoms with Gasteiger partial charge in [-0.25, -0.2) is 0 Å². The van der Waals surface area contributed by atoms with Crippen LogP contribution in [0.15, 0.2) is 73.1 Å². The fraction of sp³-hybridized carbons (Fsp3) is 0.174. The van der Waals surface area contributed by atoms with E-state index in [-0.39, 0.29) is 17.2 Å². The molecule has 3 aromatic rings. The molecule has 0 aliphatic carbocycles. The SMILES string of the molecule is O=C(NCc1ccncc1)c1ccc([C@H]2SCC(=O)N2Cc2ccc(Cl)cc2)cc1. The molecule has 2 heterocycles. The molecule has 7 heteroatoms. The molecule has 0 saturated carbocycles. The Labute approximate surface area is 184 Å². The summed E-state index contributed by atoms with van der Waals surface area (Å²) in [6, 6.07) is 18.7. The van der Waals surface area contributed by atoms with Gasteiger partial charge in [-0.3, -0.25) is 14.6 Å². The van der Waals surface area contributed by atoms with Crippen molar-refractivity contribution in [3.63, 3.8) is 0 Å². The Kier molecular flexibility index (Phi) is 6.35. The molecule has 1 fully saturated rings. The average molecular weight is 438 g/mol. The number of nitrogens with one attached hydrogen (secondary N) is 1. The molecule has 2 amide bonds. The highest BCUT2D eigenvalue weighted by Crippen LogP contribution is 2.39. The van der Waals surface area contributed by atoms with Gasteiger partial charge in [0.1, 0.15) is 5.37 Å². The van der Waals surface area contributed by atoms with Crippen LogP contribution in [0.2, 0.25) is 5.02 Å². The summed E-state index contributed by atoms with van der Waals surface area (Å²) in [5, 5.41) is 3.52. The number of halogens is 1. The Morgan fingerprint density at radius 2 is 1.73 bits per heavy atom. The number of hydrogen-bond acceptors (Lipinski definition) is 4. The van der Waals surface area contributed by atoms with Crippen molar-refractivity contribution in [2.24, 2.45) is 0 Å². The number of nitrogens with zero attached hydrogens (tertiary/aromatic N) is 2. The van der Waals surface area contributed by atoms with E-state index >= 15 is 0 Å². The van der Waals surface area contributed by atoms with Gasteiger partial charge in [0, 0.05) is 36.1 Å². The first-order valence-corrected chi connectivity index (χ1v) is 11.0. The first-order valence-electron chi connectivity index (χ1n) is 9.53. The van der Waals surface area contributed by atoms with Gasteiger partial charge in [0.25, 0.3) is 5.91 Å². The molecule has 2 aromatic carbocycles. The number of carbonyl (C=O) groups excluding carboxylic acids is 2. The summed E-state index contributed by atoms with van der Waals surface area (Å²) in [5.74, 6) is 0.428. The highest BCUT2D eigenvalue weighted by atomic mass is 35.5. The van der Waals surface area contributed by atoms with Crippen molar-refractivity contribution in [3.05, 3.63) is 100 Å². The van der Waals surface area contributed by atoms with Crippen LogP contribution in [0.3, 0.4) is 0 Å². The summed E-state index contributed by atoms with van der Waals surface area (Å²) in [5.41, 5.74) is 3.62. The molecular weight excluding hydrogens is 418 g/mol. The molecule has 0 unspecified atom stereocenters. The zero-order chi connectivity index (χ0) is 20.9. The molecular formula is C23H20ClN3O2S.